The fourth-order valence-electron chi connectivity index (χ4n) is 2.59. The van der Waals surface area contributed by atoms with Crippen LogP contribution in [0.3, 0.4) is 0 Å². The molecule has 20 heavy (non-hydrogen) atoms. The molecule has 0 aromatic heterocycles. The van der Waals surface area contributed by atoms with Crippen LogP contribution in [-0.4, -0.2) is 43.7 Å². The number of nitrogens with one attached hydrogen (secondary N) is 1. The van der Waals surface area contributed by atoms with E-state index < -0.39 is 5.82 Å². The van der Waals surface area contributed by atoms with E-state index in [-0.39, 0.29) is 17.7 Å². The van der Waals surface area contributed by atoms with Crippen molar-refractivity contribution in [3.05, 3.63) is 29.6 Å². The van der Waals surface area contributed by atoms with Crippen molar-refractivity contribution in [2.75, 3.05) is 32.1 Å². The van der Waals surface area contributed by atoms with E-state index in [1.807, 2.05) is 6.92 Å². The summed E-state index contributed by atoms with van der Waals surface area (Å²) in [5.41, 5.74) is 0.659. The largest absolute Gasteiger partial charge is 0.385 e. The molecule has 4 nitrogen and oxygen atoms in total. The van der Waals surface area contributed by atoms with Gasteiger partial charge in [0, 0.05) is 26.7 Å². The van der Waals surface area contributed by atoms with Crippen LogP contribution in [0.5, 0.6) is 0 Å². The van der Waals surface area contributed by atoms with E-state index in [0.29, 0.717) is 25.3 Å². The molecule has 0 aliphatic carbocycles. The van der Waals surface area contributed by atoms with Crippen molar-refractivity contribution >= 4 is 11.6 Å². The molecule has 0 radical (unpaired) electrons. The molecule has 0 saturated carbocycles. The second-order valence-electron chi connectivity index (χ2n) is 4.86. The molecule has 1 aliphatic heterocycles. The zero-order valence-corrected chi connectivity index (χ0v) is 12.0. The molecule has 110 valence electrons. The van der Waals surface area contributed by atoms with Gasteiger partial charge in [-0.1, -0.05) is 6.07 Å². The summed E-state index contributed by atoms with van der Waals surface area (Å²) in [5.74, 6) is -0.522. The minimum atomic E-state index is -0.400. The molecule has 1 aliphatic rings. The number of hydrogen-bond donors (Lipinski definition) is 1. The van der Waals surface area contributed by atoms with Crippen LogP contribution < -0.4 is 5.32 Å². The Morgan fingerprint density at radius 3 is 2.75 bits per heavy atom. The third kappa shape index (κ3) is 3.10. The van der Waals surface area contributed by atoms with E-state index in [0.717, 1.165) is 12.8 Å². The number of para-hydroxylation sites is 1. The standard InChI is InChI=1S/C15H21FN2O2/c1-3-20-11-7-9-18(10-8-11)15(19)12-5-4-6-13(16)14(12)17-2/h4-6,11,17H,3,7-10H2,1-2H3. The van der Waals surface area contributed by atoms with Crippen molar-refractivity contribution in [1.29, 1.82) is 0 Å². The molecule has 1 aromatic carbocycles. The Morgan fingerprint density at radius 1 is 1.45 bits per heavy atom. The third-order valence-corrected chi connectivity index (χ3v) is 3.63. The number of carbonyl (C=O) groups is 1. The number of amides is 1. The number of halogens is 1. The van der Waals surface area contributed by atoms with Gasteiger partial charge in [-0.25, -0.2) is 4.39 Å². The molecule has 0 spiro atoms. The lowest BCUT2D eigenvalue weighted by molar-refractivity contribution is 0.0146. The fourth-order valence-corrected chi connectivity index (χ4v) is 2.59. The molecule has 1 N–H and O–H groups in total. The van der Waals surface area contributed by atoms with Crippen LogP contribution in [0, 0.1) is 5.82 Å². The second-order valence-corrected chi connectivity index (χ2v) is 4.86. The number of rotatable bonds is 4. The SMILES string of the molecule is CCOC1CCN(C(=O)c2cccc(F)c2NC)CC1. The predicted octanol–water partition coefficient (Wildman–Crippen LogP) is 2.51. The Bertz CT molecular complexity index is 471. The summed E-state index contributed by atoms with van der Waals surface area (Å²) in [4.78, 5) is 14.2. The lowest BCUT2D eigenvalue weighted by Crippen LogP contribution is -2.41. The molecular formula is C15H21FN2O2. The maximum absolute atomic E-state index is 13.7. The van der Waals surface area contributed by atoms with E-state index in [2.05, 4.69) is 5.32 Å². The van der Waals surface area contributed by atoms with E-state index in [1.54, 1.807) is 24.1 Å². The van der Waals surface area contributed by atoms with Gasteiger partial charge in [0.25, 0.3) is 5.91 Å². The lowest BCUT2D eigenvalue weighted by Gasteiger charge is -2.32. The lowest BCUT2D eigenvalue weighted by atomic mass is 10.1. The van der Waals surface area contributed by atoms with Gasteiger partial charge in [0.05, 0.1) is 17.4 Å². The summed E-state index contributed by atoms with van der Waals surface area (Å²) in [7, 11) is 1.62. The molecule has 1 saturated heterocycles. The van der Waals surface area contributed by atoms with Crippen LogP contribution in [0.2, 0.25) is 0 Å². The Morgan fingerprint density at radius 2 is 2.15 bits per heavy atom. The van der Waals surface area contributed by atoms with Gasteiger partial charge in [0.1, 0.15) is 5.82 Å². The zero-order chi connectivity index (χ0) is 14.5. The first kappa shape index (κ1) is 14.8. The van der Waals surface area contributed by atoms with Crippen molar-refractivity contribution in [2.24, 2.45) is 0 Å². The minimum Gasteiger partial charge on any atom is -0.385 e. The Hall–Kier alpha value is -1.62. The Kier molecular flexibility index (Phi) is 4.95. The first-order chi connectivity index (χ1) is 9.67. The summed E-state index contributed by atoms with van der Waals surface area (Å²) in [6, 6.07) is 4.58. The van der Waals surface area contributed by atoms with Gasteiger partial charge >= 0.3 is 0 Å². The van der Waals surface area contributed by atoms with Crippen LogP contribution in [0.25, 0.3) is 0 Å². The van der Waals surface area contributed by atoms with Gasteiger partial charge in [-0.2, -0.15) is 0 Å². The molecule has 2 rings (SSSR count). The number of likely N-dealkylation sites (tertiary alicyclic amines) is 1. The van der Waals surface area contributed by atoms with Gasteiger partial charge < -0.3 is 15.0 Å². The molecule has 0 bridgehead atoms. The van der Waals surface area contributed by atoms with E-state index in [9.17, 15) is 9.18 Å². The fraction of sp³-hybridized carbons (Fsp3) is 0.533. The molecule has 0 unspecified atom stereocenters. The molecular weight excluding hydrogens is 259 g/mol. The summed E-state index contributed by atoms with van der Waals surface area (Å²) in [6.45, 7) is 3.99. The topological polar surface area (TPSA) is 41.6 Å². The molecule has 5 heteroatoms. The van der Waals surface area contributed by atoms with E-state index in [4.69, 9.17) is 4.74 Å². The summed E-state index contributed by atoms with van der Waals surface area (Å²) in [5, 5.41) is 2.77. The number of ether oxygens (including phenoxy) is 1. The van der Waals surface area contributed by atoms with Crippen molar-refractivity contribution < 1.29 is 13.9 Å². The van der Waals surface area contributed by atoms with E-state index in [1.165, 1.54) is 6.07 Å². The average Bonchev–Trinajstić information content (AvgIpc) is 2.47. The zero-order valence-electron chi connectivity index (χ0n) is 12.0. The normalized spacial score (nSPS) is 16.2. The summed E-state index contributed by atoms with van der Waals surface area (Å²) >= 11 is 0. The minimum absolute atomic E-state index is 0.121. The first-order valence-corrected chi connectivity index (χ1v) is 7.04. The van der Waals surface area contributed by atoms with Crippen LogP contribution >= 0.6 is 0 Å². The van der Waals surface area contributed by atoms with Crippen LogP contribution in [-0.2, 0) is 4.74 Å². The smallest absolute Gasteiger partial charge is 0.256 e. The number of anilines is 1. The monoisotopic (exact) mass is 280 g/mol. The van der Waals surface area contributed by atoms with Gasteiger partial charge in [-0.15, -0.1) is 0 Å². The summed E-state index contributed by atoms with van der Waals surface area (Å²) in [6.07, 6.45) is 1.91. The van der Waals surface area contributed by atoms with Crippen LogP contribution in [0.1, 0.15) is 30.1 Å². The predicted molar refractivity (Wildman–Crippen MR) is 76.5 cm³/mol. The highest BCUT2D eigenvalue weighted by Crippen LogP contribution is 2.23. The third-order valence-electron chi connectivity index (χ3n) is 3.63. The van der Waals surface area contributed by atoms with Gasteiger partial charge in [-0.05, 0) is 31.9 Å². The molecule has 0 atom stereocenters. The highest BCUT2D eigenvalue weighted by molar-refractivity contribution is 5.99. The maximum Gasteiger partial charge on any atom is 0.256 e. The van der Waals surface area contributed by atoms with Crippen molar-refractivity contribution in [2.45, 2.75) is 25.9 Å². The molecule has 1 amide bonds. The van der Waals surface area contributed by atoms with Gasteiger partial charge in [-0.3, -0.25) is 4.79 Å². The Labute approximate surface area is 118 Å². The molecule has 1 aromatic rings. The number of hydrogen-bond acceptors (Lipinski definition) is 3. The van der Waals surface area contributed by atoms with Crippen molar-refractivity contribution in [3.63, 3.8) is 0 Å². The Balaban J connectivity index is 2.08. The molecule has 1 fully saturated rings. The quantitative estimate of drug-likeness (QED) is 0.921. The maximum atomic E-state index is 13.7. The van der Waals surface area contributed by atoms with Gasteiger partial charge in [0.2, 0.25) is 0 Å². The number of carbonyl (C=O) groups excluding carboxylic acids is 1. The second kappa shape index (κ2) is 6.70. The van der Waals surface area contributed by atoms with Crippen molar-refractivity contribution in [1.82, 2.24) is 4.90 Å². The van der Waals surface area contributed by atoms with E-state index >= 15 is 0 Å². The average molecular weight is 280 g/mol. The number of nitrogens with zero attached hydrogens (tertiary/aromatic N) is 1. The first-order valence-electron chi connectivity index (χ1n) is 7.04. The van der Waals surface area contributed by atoms with Crippen molar-refractivity contribution in [3.8, 4) is 0 Å². The molecule has 1 heterocycles. The highest BCUT2D eigenvalue weighted by atomic mass is 19.1. The summed E-state index contributed by atoms with van der Waals surface area (Å²) < 4.78 is 19.3. The number of benzene rings is 1. The number of piperidine rings is 1. The van der Waals surface area contributed by atoms with Crippen LogP contribution in [0.15, 0.2) is 18.2 Å². The highest BCUT2D eigenvalue weighted by Gasteiger charge is 2.25. The van der Waals surface area contributed by atoms with Crippen LogP contribution in [0.4, 0.5) is 10.1 Å². The van der Waals surface area contributed by atoms with Gasteiger partial charge in [0.15, 0.2) is 0 Å².